The molecule has 0 fully saturated rings. The predicted octanol–water partition coefficient (Wildman–Crippen LogP) is 3.83. The van der Waals surface area contributed by atoms with Gasteiger partial charge < -0.3 is 4.65 Å². The Morgan fingerprint density at radius 2 is 1.84 bits per heavy atom. The lowest BCUT2D eigenvalue weighted by Gasteiger charge is -2.39. The van der Waals surface area contributed by atoms with Crippen LogP contribution < -0.4 is 10.9 Å². The first kappa shape index (κ1) is 23.0. The number of hydrogen-bond acceptors (Lipinski definition) is 3. The fourth-order valence-electron chi connectivity index (χ4n) is 4.14. The number of rotatable bonds is 4. The molecule has 0 saturated heterocycles. The molecule has 1 heterocycles. The normalized spacial score (nSPS) is 13.9. The van der Waals surface area contributed by atoms with E-state index in [1.54, 1.807) is 18.2 Å². The van der Waals surface area contributed by atoms with Crippen molar-refractivity contribution >= 4 is 24.8 Å². The van der Waals surface area contributed by atoms with Crippen molar-refractivity contribution in [3.63, 3.8) is 0 Å². The van der Waals surface area contributed by atoms with Crippen LogP contribution in [0.2, 0.25) is 0 Å². The molecule has 2 amide bonds. The maximum absolute atomic E-state index is 14.9. The molecule has 1 radical (unpaired) electrons. The van der Waals surface area contributed by atoms with Crippen molar-refractivity contribution < 1.29 is 18.6 Å². The van der Waals surface area contributed by atoms with Crippen molar-refractivity contribution in [2.75, 3.05) is 0 Å². The van der Waals surface area contributed by atoms with Crippen LogP contribution in [0.15, 0.2) is 30.3 Å². The number of halogens is 1. The monoisotopic (exact) mass is 423 g/mol. The topological polar surface area (TPSA) is 58.6 Å². The molecule has 0 saturated carbocycles. The Morgan fingerprint density at radius 3 is 2.42 bits per heavy atom. The SMILES string of the molecule is CCC(N(NC(=O)c1ccc2c(c1F)[B]OC2)C(=O)c1cc(C)cc(C)c1)C(C)(C)C. The second-order valence-electron chi connectivity index (χ2n) is 9.21. The molecule has 1 N–H and O–H groups in total. The van der Waals surface area contributed by atoms with Crippen molar-refractivity contribution in [2.24, 2.45) is 5.41 Å². The van der Waals surface area contributed by atoms with E-state index in [0.29, 0.717) is 17.5 Å². The average molecular weight is 423 g/mol. The maximum atomic E-state index is 14.9. The molecule has 0 spiro atoms. The summed E-state index contributed by atoms with van der Waals surface area (Å²) >= 11 is 0. The lowest BCUT2D eigenvalue weighted by molar-refractivity contribution is 0.0283. The van der Waals surface area contributed by atoms with Gasteiger partial charge in [-0.05, 0) is 54.9 Å². The predicted molar refractivity (Wildman–Crippen MR) is 120 cm³/mol. The van der Waals surface area contributed by atoms with Crippen LogP contribution in [0, 0.1) is 25.1 Å². The Hall–Kier alpha value is -2.67. The van der Waals surface area contributed by atoms with Gasteiger partial charge in [0.05, 0.1) is 18.2 Å². The minimum Gasteiger partial charge on any atom is -0.430 e. The Balaban J connectivity index is 1.99. The van der Waals surface area contributed by atoms with Gasteiger partial charge in [-0.15, -0.1) is 0 Å². The smallest absolute Gasteiger partial charge is 0.333 e. The van der Waals surface area contributed by atoms with Crippen LogP contribution in [0.3, 0.4) is 0 Å². The fraction of sp³-hybridized carbons (Fsp3) is 0.417. The number of nitrogens with one attached hydrogen (secondary N) is 1. The number of fused-ring (bicyclic) bond motifs is 1. The maximum Gasteiger partial charge on any atom is 0.333 e. The van der Waals surface area contributed by atoms with Gasteiger partial charge in [-0.1, -0.05) is 51.0 Å². The number of nitrogens with zero attached hydrogens (tertiary/aromatic N) is 1. The largest absolute Gasteiger partial charge is 0.430 e. The third-order valence-corrected chi connectivity index (χ3v) is 5.56. The summed E-state index contributed by atoms with van der Waals surface area (Å²) in [6.07, 6.45) is 0.620. The van der Waals surface area contributed by atoms with Gasteiger partial charge in [0.15, 0.2) is 0 Å². The molecular formula is C24H29BFN2O3. The molecule has 163 valence electrons. The average Bonchev–Trinajstić information content (AvgIpc) is 3.15. The summed E-state index contributed by atoms with van der Waals surface area (Å²) in [5.41, 5.74) is 5.65. The first-order valence-corrected chi connectivity index (χ1v) is 10.5. The summed E-state index contributed by atoms with van der Waals surface area (Å²) in [7, 11) is 1.32. The van der Waals surface area contributed by atoms with E-state index in [2.05, 4.69) is 5.43 Å². The summed E-state index contributed by atoms with van der Waals surface area (Å²) in [5.74, 6) is -1.63. The Labute approximate surface area is 184 Å². The minimum absolute atomic E-state index is 0.123. The number of carbonyl (C=O) groups is 2. The molecule has 2 aromatic rings. The second-order valence-corrected chi connectivity index (χ2v) is 9.21. The van der Waals surface area contributed by atoms with E-state index in [0.717, 1.165) is 11.1 Å². The van der Waals surface area contributed by atoms with E-state index in [9.17, 15) is 14.0 Å². The van der Waals surface area contributed by atoms with Crippen LogP contribution in [0.4, 0.5) is 4.39 Å². The molecular weight excluding hydrogens is 394 g/mol. The van der Waals surface area contributed by atoms with E-state index >= 15 is 0 Å². The zero-order valence-corrected chi connectivity index (χ0v) is 19.0. The second kappa shape index (κ2) is 8.83. The van der Waals surface area contributed by atoms with Gasteiger partial charge in [-0.25, -0.2) is 9.40 Å². The highest BCUT2D eigenvalue weighted by Gasteiger charge is 2.35. The highest BCUT2D eigenvalue weighted by molar-refractivity contribution is 6.49. The van der Waals surface area contributed by atoms with E-state index in [1.807, 2.05) is 47.6 Å². The van der Waals surface area contributed by atoms with Crippen molar-refractivity contribution in [3.05, 3.63) is 64.0 Å². The molecule has 1 aliphatic rings. The van der Waals surface area contributed by atoms with Gasteiger partial charge in [-0.2, -0.15) is 0 Å². The molecule has 7 heteroatoms. The molecule has 0 aliphatic carbocycles. The number of hydrazine groups is 1. The lowest BCUT2D eigenvalue weighted by atomic mass is 9.84. The van der Waals surface area contributed by atoms with Crippen LogP contribution in [0.5, 0.6) is 0 Å². The first-order chi connectivity index (χ1) is 14.5. The van der Waals surface area contributed by atoms with Crippen LogP contribution in [-0.4, -0.2) is 30.3 Å². The third kappa shape index (κ3) is 4.82. The molecule has 31 heavy (non-hydrogen) atoms. The zero-order chi connectivity index (χ0) is 22.9. The van der Waals surface area contributed by atoms with Crippen molar-refractivity contribution in [1.82, 2.24) is 10.4 Å². The summed E-state index contributed by atoms with van der Waals surface area (Å²) in [6.45, 7) is 12.1. The van der Waals surface area contributed by atoms with Gasteiger partial charge in [0.2, 0.25) is 0 Å². The standard InChI is InChI=1S/C24H29BFN2O3/c1-7-19(24(4,5)6)28(23(30)17-11-14(2)10-15(3)12-17)27-22(29)18-9-8-16-13-31-25-20(16)21(18)26/h8-12,19H,7,13H2,1-6H3,(H,27,29). The van der Waals surface area contributed by atoms with Crippen molar-refractivity contribution in [3.8, 4) is 0 Å². The van der Waals surface area contributed by atoms with Gasteiger partial charge >= 0.3 is 7.48 Å². The summed E-state index contributed by atoms with van der Waals surface area (Å²) in [6, 6.07) is 8.40. The highest BCUT2D eigenvalue weighted by Crippen LogP contribution is 2.28. The molecule has 0 bridgehead atoms. The number of hydrogen-bond donors (Lipinski definition) is 1. The molecule has 0 aromatic heterocycles. The minimum atomic E-state index is -0.666. The summed E-state index contributed by atoms with van der Waals surface area (Å²) in [4.78, 5) is 26.6. The molecule has 1 atom stereocenters. The number of amides is 2. The van der Waals surface area contributed by atoms with E-state index < -0.39 is 11.7 Å². The Morgan fingerprint density at radius 1 is 1.19 bits per heavy atom. The fourth-order valence-corrected chi connectivity index (χ4v) is 4.14. The molecule has 5 nitrogen and oxygen atoms in total. The van der Waals surface area contributed by atoms with E-state index in [-0.39, 0.29) is 35.0 Å². The molecule has 1 aliphatic heterocycles. The van der Waals surface area contributed by atoms with Crippen molar-refractivity contribution in [2.45, 2.75) is 60.6 Å². The molecule has 1 unspecified atom stereocenters. The quantitative estimate of drug-likeness (QED) is 0.601. The third-order valence-electron chi connectivity index (χ3n) is 5.56. The van der Waals surface area contributed by atoms with Gasteiger partial charge in [0, 0.05) is 5.56 Å². The van der Waals surface area contributed by atoms with Crippen LogP contribution >= 0.6 is 0 Å². The number of benzene rings is 2. The zero-order valence-electron chi connectivity index (χ0n) is 19.0. The van der Waals surface area contributed by atoms with E-state index in [1.165, 1.54) is 18.6 Å². The Bertz CT molecular complexity index is 996. The number of aryl methyl sites for hydroxylation is 2. The summed E-state index contributed by atoms with van der Waals surface area (Å²) in [5, 5.41) is 1.36. The molecule has 2 aromatic carbocycles. The Kier molecular flexibility index (Phi) is 6.55. The van der Waals surface area contributed by atoms with Crippen molar-refractivity contribution in [1.29, 1.82) is 0 Å². The summed E-state index contributed by atoms with van der Waals surface area (Å²) < 4.78 is 20.1. The van der Waals surface area contributed by atoms with Crippen LogP contribution in [-0.2, 0) is 11.3 Å². The van der Waals surface area contributed by atoms with E-state index in [4.69, 9.17) is 4.65 Å². The number of carbonyl (C=O) groups excluding carboxylic acids is 2. The first-order valence-electron chi connectivity index (χ1n) is 10.5. The molecule has 3 rings (SSSR count). The van der Waals surface area contributed by atoms with Gasteiger partial charge in [0.25, 0.3) is 11.8 Å². The highest BCUT2D eigenvalue weighted by atomic mass is 19.1. The lowest BCUT2D eigenvalue weighted by Crippen LogP contribution is -2.56. The van der Waals surface area contributed by atoms with Crippen LogP contribution in [0.25, 0.3) is 0 Å². The van der Waals surface area contributed by atoms with Gasteiger partial charge in [-0.3, -0.25) is 15.0 Å². The van der Waals surface area contributed by atoms with Crippen LogP contribution in [0.1, 0.15) is 71.5 Å². The van der Waals surface area contributed by atoms with Gasteiger partial charge in [0.1, 0.15) is 5.82 Å².